The molecule has 0 saturated heterocycles. The van der Waals surface area contributed by atoms with Crippen molar-refractivity contribution in [2.45, 2.75) is 39.8 Å². The van der Waals surface area contributed by atoms with Crippen molar-refractivity contribution in [3.63, 3.8) is 0 Å². The number of guanidine groups is 1. The number of nitrogens with one attached hydrogen (secondary N) is 2. The maximum absolute atomic E-state index is 11.2. The Kier molecular flexibility index (Phi) is 10.5. The predicted molar refractivity (Wildman–Crippen MR) is 108 cm³/mol. The lowest BCUT2D eigenvalue weighted by Gasteiger charge is -2.17. The molecular weight excluding hydrogens is 425 g/mol. The molecule has 23 heavy (non-hydrogen) atoms. The van der Waals surface area contributed by atoms with Crippen molar-refractivity contribution in [3.05, 3.63) is 35.4 Å². The van der Waals surface area contributed by atoms with Crippen LogP contribution in [0.3, 0.4) is 0 Å². The minimum absolute atomic E-state index is 0. The number of hydrogen-bond acceptors (Lipinski definition) is 3. The molecule has 1 aromatic rings. The molecule has 0 radical (unpaired) electrons. The number of rotatable bonds is 7. The maximum atomic E-state index is 11.2. The summed E-state index contributed by atoms with van der Waals surface area (Å²) in [4.78, 5) is 4.54. The average Bonchev–Trinajstić information content (AvgIpc) is 2.44. The van der Waals surface area contributed by atoms with Gasteiger partial charge in [-0.3, -0.25) is 0 Å². The number of benzene rings is 1. The first-order valence-electron chi connectivity index (χ1n) is 7.58. The highest BCUT2D eigenvalue weighted by Crippen LogP contribution is 2.04. The zero-order valence-electron chi connectivity index (χ0n) is 14.3. The molecule has 1 aromatic carbocycles. The molecular formula is C16H28IN3O2S. The van der Waals surface area contributed by atoms with Gasteiger partial charge in [-0.25, -0.2) is 13.4 Å². The van der Waals surface area contributed by atoms with E-state index >= 15 is 0 Å². The fraction of sp³-hybridized carbons (Fsp3) is 0.562. The highest BCUT2D eigenvalue weighted by Gasteiger charge is 2.09. The van der Waals surface area contributed by atoms with Gasteiger partial charge in [0.25, 0.3) is 0 Å². The second-order valence-electron chi connectivity index (χ2n) is 5.64. The van der Waals surface area contributed by atoms with E-state index < -0.39 is 9.84 Å². The summed E-state index contributed by atoms with van der Waals surface area (Å²) in [6.07, 6.45) is 1.82. The van der Waals surface area contributed by atoms with Crippen molar-refractivity contribution in [2.24, 2.45) is 4.99 Å². The van der Waals surface area contributed by atoms with Crippen molar-refractivity contribution in [2.75, 3.05) is 18.6 Å². The fourth-order valence-corrected chi connectivity index (χ4v) is 2.66. The van der Waals surface area contributed by atoms with Gasteiger partial charge in [-0.1, -0.05) is 29.8 Å². The van der Waals surface area contributed by atoms with E-state index in [0.29, 0.717) is 18.9 Å². The molecule has 2 N–H and O–H groups in total. The van der Waals surface area contributed by atoms with Gasteiger partial charge >= 0.3 is 0 Å². The Morgan fingerprint density at radius 1 is 1.26 bits per heavy atom. The molecule has 0 aliphatic carbocycles. The van der Waals surface area contributed by atoms with E-state index in [1.807, 2.05) is 13.8 Å². The molecule has 7 heteroatoms. The summed E-state index contributed by atoms with van der Waals surface area (Å²) in [7, 11) is -2.93. The molecule has 0 saturated carbocycles. The van der Waals surface area contributed by atoms with E-state index in [-0.39, 0.29) is 35.8 Å². The SMILES string of the molecule is CCNC(=NCc1ccc(C)cc1)NC(C)CCS(C)(=O)=O.I. The number of halogens is 1. The number of hydrogen-bond donors (Lipinski definition) is 2. The number of aliphatic imine (C=N–C) groups is 1. The molecule has 0 spiro atoms. The topological polar surface area (TPSA) is 70.6 Å². The third kappa shape index (κ3) is 10.5. The second-order valence-corrected chi connectivity index (χ2v) is 7.90. The Hall–Kier alpha value is -0.830. The second kappa shape index (κ2) is 10.9. The van der Waals surface area contributed by atoms with Crippen molar-refractivity contribution in [3.8, 4) is 0 Å². The zero-order chi connectivity index (χ0) is 16.6. The standard InChI is InChI=1S/C16H27N3O2S.HI/c1-5-17-16(19-14(3)10-11-22(4,20)21)18-12-15-8-6-13(2)7-9-15;/h6-9,14H,5,10-12H2,1-4H3,(H2,17,18,19);1H. The summed E-state index contributed by atoms with van der Waals surface area (Å²) < 4.78 is 22.4. The summed E-state index contributed by atoms with van der Waals surface area (Å²) >= 11 is 0. The Morgan fingerprint density at radius 3 is 2.39 bits per heavy atom. The molecule has 0 aliphatic heterocycles. The first kappa shape index (κ1) is 22.2. The van der Waals surface area contributed by atoms with E-state index in [9.17, 15) is 8.42 Å². The fourth-order valence-electron chi connectivity index (χ4n) is 1.88. The number of nitrogens with zero attached hydrogens (tertiary/aromatic N) is 1. The summed E-state index contributed by atoms with van der Waals surface area (Å²) in [5.74, 6) is 0.891. The molecule has 0 aliphatic rings. The van der Waals surface area contributed by atoms with Crippen molar-refractivity contribution < 1.29 is 8.42 Å². The molecule has 0 fully saturated rings. The van der Waals surface area contributed by atoms with Gasteiger partial charge in [-0.05, 0) is 32.8 Å². The van der Waals surface area contributed by atoms with Gasteiger partial charge in [0.2, 0.25) is 0 Å². The first-order chi connectivity index (χ1) is 10.3. The first-order valence-corrected chi connectivity index (χ1v) is 9.64. The largest absolute Gasteiger partial charge is 0.357 e. The Morgan fingerprint density at radius 2 is 1.87 bits per heavy atom. The number of sulfone groups is 1. The maximum Gasteiger partial charge on any atom is 0.191 e. The minimum Gasteiger partial charge on any atom is -0.357 e. The van der Waals surface area contributed by atoms with Crippen molar-refractivity contribution in [1.82, 2.24) is 10.6 Å². The predicted octanol–water partition coefficient (Wildman–Crippen LogP) is 2.49. The quantitative estimate of drug-likeness (QED) is 0.378. The van der Waals surface area contributed by atoms with Gasteiger partial charge in [-0.2, -0.15) is 0 Å². The Labute approximate surface area is 157 Å². The van der Waals surface area contributed by atoms with Gasteiger partial charge < -0.3 is 10.6 Å². The smallest absolute Gasteiger partial charge is 0.191 e. The third-order valence-corrected chi connectivity index (χ3v) is 4.17. The normalized spacial score (nSPS) is 13.1. The van der Waals surface area contributed by atoms with Gasteiger partial charge in [0.15, 0.2) is 5.96 Å². The lowest BCUT2D eigenvalue weighted by molar-refractivity contribution is 0.581. The minimum atomic E-state index is -2.93. The summed E-state index contributed by atoms with van der Waals surface area (Å²) in [6, 6.07) is 8.32. The monoisotopic (exact) mass is 453 g/mol. The van der Waals surface area contributed by atoms with Gasteiger partial charge in [0.1, 0.15) is 9.84 Å². The molecule has 0 heterocycles. The molecule has 1 atom stereocenters. The van der Waals surface area contributed by atoms with Crippen LogP contribution in [0.5, 0.6) is 0 Å². The van der Waals surface area contributed by atoms with Crippen LogP contribution in [0.1, 0.15) is 31.4 Å². The highest BCUT2D eigenvalue weighted by molar-refractivity contribution is 14.0. The van der Waals surface area contributed by atoms with Crippen LogP contribution in [0.25, 0.3) is 0 Å². The van der Waals surface area contributed by atoms with Crippen LogP contribution in [0, 0.1) is 6.92 Å². The summed E-state index contributed by atoms with van der Waals surface area (Å²) in [5, 5.41) is 6.43. The third-order valence-electron chi connectivity index (χ3n) is 3.19. The lowest BCUT2D eigenvalue weighted by atomic mass is 10.1. The highest BCUT2D eigenvalue weighted by atomic mass is 127. The van der Waals surface area contributed by atoms with Crippen LogP contribution < -0.4 is 10.6 Å². The van der Waals surface area contributed by atoms with Crippen LogP contribution in [0.2, 0.25) is 0 Å². The molecule has 1 unspecified atom stereocenters. The molecule has 0 amide bonds. The molecule has 0 bridgehead atoms. The van der Waals surface area contributed by atoms with Gasteiger partial charge in [0, 0.05) is 18.8 Å². The van der Waals surface area contributed by atoms with E-state index in [1.54, 1.807) is 0 Å². The van der Waals surface area contributed by atoms with Crippen LogP contribution in [-0.2, 0) is 16.4 Å². The van der Waals surface area contributed by atoms with Gasteiger partial charge in [0.05, 0.1) is 12.3 Å². The molecule has 5 nitrogen and oxygen atoms in total. The van der Waals surface area contributed by atoms with E-state index in [0.717, 1.165) is 12.1 Å². The number of aryl methyl sites for hydroxylation is 1. The van der Waals surface area contributed by atoms with Crippen LogP contribution in [-0.4, -0.2) is 39.0 Å². The average molecular weight is 453 g/mol. The van der Waals surface area contributed by atoms with Crippen LogP contribution in [0.4, 0.5) is 0 Å². The van der Waals surface area contributed by atoms with E-state index in [4.69, 9.17) is 0 Å². The molecule has 0 aromatic heterocycles. The summed E-state index contributed by atoms with van der Waals surface area (Å²) in [5.41, 5.74) is 2.37. The van der Waals surface area contributed by atoms with Gasteiger partial charge in [-0.15, -0.1) is 24.0 Å². The summed E-state index contributed by atoms with van der Waals surface area (Å²) in [6.45, 7) is 7.38. The molecule has 1 rings (SSSR count). The Balaban J connectivity index is 0.00000484. The van der Waals surface area contributed by atoms with Crippen molar-refractivity contribution >= 4 is 39.8 Å². The van der Waals surface area contributed by atoms with Crippen molar-refractivity contribution in [1.29, 1.82) is 0 Å². The van der Waals surface area contributed by atoms with E-state index in [1.165, 1.54) is 11.8 Å². The molecule has 132 valence electrons. The van der Waals surface area contributed by atoms with Crippen LogP contribution >= 0.6 is 24.0 Å². The Bertz CT molecular complexity index is 586. The van der Waals surface area contributed by atoms with E-state index in [2.05, 4.69) is 46.8 Å². The zero-order valence-corrected chi connectivity index (χ0v) is 17.4. The van der Waals surface area contributed by atoms with Crippen LogP contribution in [0.15, 0.2) is 29.3 Å². The lowest BCUT2D eigenvalue weighted by Crippen LogP contribution is -2.42.